The number of rotatable bonds is 6. The number of anilines is 2. The van der Waals surface area contributed by atoms with Crippen LogP contribution >= 0.6 is 0 Å². The molecule has 0 atom stereocenters. The number of benzene rings is 1. The lowest BCUT2D eigenvalue weighted by Crippen LogP contribution is -2.14. The topological polar surface area (TPSA) is 62.7 Å². The molecule has 2 heterocycles. The smallest absolute Gasteiger partial charge is 0.225 e. The Morgan fingerprint density at radius 2 is 1.76 bits per heavy atom. The number of aromatic nitrogens is 3. The van der Waals surface area contributed by atoms with E-state index in [4.69, 9.17) is 0 Å². The first kappa shape index (κ1) is 16.9. The van der Waals surface area contributed by atoms with Crippen LogP contribution in [0.1, 0.15) is 25.0 Å². The molecule has 0 bridgehead atoms. The molecule has 0 saturated heterocycles. The Hall–Kier alpha value is -2.95. The monoisotopic (exact) mass is 333 g/mol. The molecule has 0 unspecified atom stereocenters. The number of aryl methyl sites for hydroxylation is 1. The van der Waals surface area contributed by atoms with Crippen molar-refractivity contribution in [2.24, 2.45) is 0 Å². The summed E-state index contributed by atoms with van der Waals surface area (Å²) in [7, 11) is 0. The van der Waals surface area contributed by atoms with E-state index in [1.54, 1.807) is 6.20 Å². The number of nitrogens with one attached hydrogen (secondary N) is 2. The predicted molar refractivity (Wildman–Crippen MR) is 103 cm³/mol. The van der Waals surface area contributed by atoms with Gasteiger partial charge in [-0.2, -0.15) is 4.98 Å². The maximum atomic E-state index is 4.59. The fourth-order valence-corrected chi connectivity index (χ4v) is 2.50. The first-order valence-corrected chi connectivity index (χ1v) is 8.47. The minimum absolute atomic E-state index is 0.253. The second kappa shape index (κ2) is 7.75. The molecule has 128 valence electrons. The zero-order chi connectivity index (χ0) is 17.6. The van der Waals surface area contributed by atoms with Crippen molar-refractivity contribution in [2.45, 2.75) is 33.4 Å². The molecule has 2 aromatic heterocycles. The Labute approximate surface area is 148 Å². The standard InChI is InChI=1S/C20H23N5/c1-14(2)23-20-24-18(17-10-6-7-11-21-17)12-19(25-20)22-13-16-9-5-4-8-15(16)3/h4-12,14H,13H2,1-3H3,(H2,22,23,24,25). The molecule has 0 fully saturated rings. The van der Waals surface area contributed by atoms with E-state index in [2.05, 4.69) is 64.6 Å². The molecular formula is C20H23N5. The van der Waals surface area contributed by atoms with E-state index in [0.717, 1.165) is 17.2 Å². The third-order valence-electron chi connectivity index (χ3n) is 3.79. The van der Waals surface area contributed by atoms with E-state index in [-0.39, 0.29) is 6.04 Å². The molecular weight excluding hydrogens is 310 g/mol. The summed E-state index contributed by atoms with van der Waals surface area (Å²) in [5.74, 6) is 1.38. The molecule has 3 rings (SSSR count). The summed E-state index contributed by atoms with van der Waals surface area (Å²) in [6.45, 7) is 6.96. The van der Waals surface area contributed by atoms with Gasteiger partial charge in [0.2, 0.25) is 5.95 Å². The number of hydrogen-bond donors (Lipinski definition) is 2. The molecule has 0 radical (unpaired) electrons. The van der Waals surface area contributed by atoms with Gasteiger partial charge >= 0.3 is 0 Å². The van der Waals surface area contributed by atoms with Crippen LogP contribution in [0, 0.1) is 6.92 Å². The quantitative estimate of drug-likeness (QED) is 0.705. The predicted octanol–water partition coefficient (Wildman–Crippen LogP) is 4.28. The number of pyridine rings is 1. The Morgan fingerprint density at radius 1 is 0.960 bits per heavy atom. The normalized spacial score (nSPS) is 10.7. The molecule has 0 aliphatic carbocycles. The highest BCUT2D eigenvalue weighted by Crippen LogP contribution is 2.20. The molecule has 0 spiro atoms. The van der Waals surface area contributed by atoms with Crippen molar-refractivity contribution < 1.29 is 0 Å². The minimum atomic E-state index is 0.253. The van der Waals surface area contributed by atoms with E-state index < -0.39 is 0 Å². The zero-order valence-corrected chi connectivity index (χ0v) is 14.8. The summed E-state index contributed by atoms with van der Waals surface area (Å²) in [5.41, 5.74) is 4.13. The van der Waals surface area contributed by atoms with Crippen LogP contribution in [0.15, 0.2) is 54.7 Å². The van der Waals surface area contributed by atoms with Crippen molar-refractivity contribution in [3.05, 3.63) is 65.9 Å². The van der Waals surface area contributed by atoms with Crippen molar-refractivity contribution in [1.29, 1.82) is 0 Å². The van der Waals surface area contributed by atoms with Gasteiger partial charge in [-0.05, 0) is 44.0 Å². The molecule has 2 N–H and O–H groups in total. The fraction of sp³-hybridized carbons (Fsp3) is 0.250. The van der Waals surface area contributed by atoms with Crippen LogP contribution in [0.4, 0.5) is 11.8 Å². The van der Waals surface area contributed by atoms with Gasteiger partial charge < -0.3 is 10.6 Å². The average molecular weight is 333 g/mol. The van der Waals surface area contributed by atoms with Gasteiger partial charge in [-0.25, -0.2) is 4.98 Å². The van der Waals surface area contributed by atoms with Crippen LogP contribution in [0.3, 0.4) is 0 Å². The maximum absolute atomic E-state index is 4.59. The van der Waals surface area contributed by atoms with Gasteiger partial charge in [0, 0.05) is 24.8 Å². The van der Waals surface area contributed by atoms with E-state index in [0.29, 0.717) is 12.5 Å². The van der Waals surface area contributed by atoms with Crippen LogP contribution in [-0.4, -0.2) is 21.0 Å². The molecule has 0 aliphatic heterocycles. The highest BCUT2D eigenvalue weighted by atomic mass is 15.2. The van der Waals surface area contributed by atoms with Gasteiger partial charge in [-0.3, -0.25) is 4.98 Å². The highest BCUT2D eigenvalue weighted by Gasteiger charge is 2.09. The van der Waals surface area contributed by atoms with E-state index in [1.807, 2.05) is 30.3 Å². The van der Waals surface area contributed by atoms with Gasteiger partial charge in [0.05, 0.1) is 11.4 Å². The molecule has 25 heavy (non-hydrogen) atoms. The van der Waals surface area contributed by atoms with Gasteiger partial charge in [0.15, 0.2) is 0 Å². The maximum Gasteiger partial charge on any atom is 0.225 e. The van der Waals surface area contributed by atoms with Crippen molar-refractivity contribution in [2.75, 3.05) is 10.6 Å². The van der Waals surface area contributed by atoms with E-state index in [1.165, 1.54) is 11.1 Å². The lowest BCUT2D eigenvalue weighted by Gasteiger charge is -2.13. The Morgan fingerprint density at radius 3 is 2.48 bits per heavy atom. The molecule has 0 saturated carbocycles. The molecule has 5 nitrogen and oxygen atoms in total. The van der Waals surface area contributed by atoms with Crippen LogP contribution in [0.2, 0.25) is 0 Å². The van der Waals surface area contributed by atoms with E-state index >= 15 is 0 Å². The average Bonchev–Trinajstić information content (AvgIpc) is 2.61. The molecule has 1 aromatic carbocycles. The van der Waals surface area contributed by atoms with Crippen LogP contribution in [-0.2, 0) is 6.54 Å². The van der Waals surface area contributed by atoms with E-state index in [9.17, 15) is 0 Å². The molecule has 3 aromatic rings. The third kappa shape index (κ3) is 4.53. The van der Waals surface area contributed by atoms with Gasteiger partial charge in [0.25, 0.3) is 0 Å². The summed E-state index contributed by atoms with van der Waals surface area (Å²) in [5, 5.41) is 6.68. The lowest BCUT2D eigenvalue weighted by molar-refractivity contribution is 0.874. The first-order valence-electron chi connectivity index (χ1n) is 8.47. The van der Waals surface area contributed by atoms with Crippen molar-refractivity contribution in [1.82, 2.24) is 15.0 Å². The Kier molecular flexibility index (Phi) is 5.23. The third-order valence-corrected chi connectivity index (χ3v) is 3.79. The second-order valence-corrected chi connectivity index (χ2v) is 6.26. The lowest BCUT2D eigenvalue weighted by atomic mass is 10.1. The van der Waals surface area contributed by atoms with Crippen LogP contribution < -0.4 is 10.6 Å². The minimum Gasteiger partial charge on any atom is -0.366 e. The first-order chi connectivity index (χ1) is 12.1. The Balaban J connectivity index is 1.88. The second-order valence-electron chi connectivity index (χ2n) is 6.26. The molecule has 0 amide bonds. The number of nitrogens with zero attached hydrogens (tertiary/aromatic N) is 3. The van der Waals surface area contributed by atoms with Gasteiger partial charge in [0.1, 0.15) is 5.82 Å². The van der Waals surface area contributed by atoms with Crippen molar-refractivity contribution in [3.63, 3.8) is 0 Å². The zero-order valence-electron chi connectivity index (χ0n) is 14.8. The molecule has 5 heteroatoms. The largest absolute Gasteiger partial charge is 0.366 e. The van der Waals surface area contributed by atoms with Crippen LogP contribution in [0.25, 0.3) is 11.4 Å². The molecule has 0 aliphatic rings. The summed E-state index contributed by atoms with van der Waals surface area (Å²) in [6.07, 6.45) is 1.77. The van der Waals surface area contributed by atoms with Crippen LogP contribution in [0.5, 0.6) is 0 Å². The van der Waals surface area contributed by atoms with Crippen molar-refractivity contribution >= 4 is 11.8 Å². The summed E-state index contributed by atoms with van der Waals surface area (Å²) in [6, 6.07) is 16.3. The highest BCUT2D eigenvalue weighted by molar-refractivity contribution is 5.61. The van der Waals surface area contributed by atoms with Gasteiger partial charge in [-0.15, -0.1) is 0 Å². The Bertz CT molecular complexity index is 830. The fourth-order valence-electron chi connectivity index (χ4n) is 2.50. The SMILES string of the molecule is Cc1ccccc1CNc1cc(-c2ccccn2)nc(NC(C)C)n1. The van der Waals surface area contributed by atoms with Gasteiger partial charge in [-0.1, -0.05) is 30.3 Å². The van der Waals surface area contributed by atoms with Crippen molar-refractivity contribution in [3.8, 4) is 11.4 Å². The number of hydrogen-bond acceptors (Lipinski definition) is 5. The summed E-state index contributed by atoms with van der Waals surface area (Å²) >= 11 is 0. The summed E-state index contributed by atoms with van der Waals surface area (Å²) < 4.78 is 0. The summed E-state index contributed by atoms with van der Waals surface area (Å²) in [4.78, 5) is 13.6.